The zero-order valence-electron chi connectivity index (χ0n) is 20.6. The van der Waals surface area contributed by atoms with Gasteiger partial charge in [0.1, 0.15) is 17.7 Å². The number of carbonyl (C=O) groups is 2. The summed E-state index contributed by atoms with van der Waals surface area (Å²) in [6.45, 7) is 3.41. The van der Waals surface area contributed by atoms with E-state index in [-0.39, 0.29) is 35.1 Å². The molecule has 0 aromatic heterocycles. The SMILES string of the molecule is C[C@@]1(NCCS(=O)(=O)CC(NC(=O)c2ccc(F)cc2)C(=O)N2CCOCC2)C[C@H]1c1ccc(F)cc1. The van der Waals surface area contributed by atoms with Crippen LogP contribution < -0.4 is 10.6 Å². The number of carbonyl (C=O) groups excluding carboxylic acids is 2. The molecule has 1 unspecified atom stereocenters. The molecule has 1 aliphatic carbocycles. The minimum atomic E-state index is -3.75. The highest BCUT2D eigenvalue weighted by molar-refractivity contribution is 7.91. The van der Waals surface area contributed by atoms with Crippen LogP contribution in [0.15, 0.2) is 48.5 Å². The first-order valence-electron chi connectivity index (χ1n) is 12.2. The summed E-state index contributed by atoms with van der Waals surface area (Å²) >= 11 is 0. The molecule has 200 valence electrons. The second-order valence-corrected chi connectivity index (χ2v) is 12.0. The highest BCUT2D eigenvalue weighted by atomic mass is 32.2. The van der Waals surface area contributed by atoms with Crippen molar-refractivity contribution in [1.82, 2.24) is 15.5 Å². The lowest BCUT2D eigenvalue weighted by molar-refractivity contribution is -0.136. The summed E-state index contributed by atoms with van der Waals surface area (Å²) in [5, 5.41) is 5.82. The van der Waals surface area contributed by atoms with Gasteiger partial charge in [-0.1, -0.05) is 12.1 Å². The van der Waals surface area contributed by atoms with Crippen LogP contribution in [0.4, 0.5) is 8.78 Å². The van der Waals surface area contributed by atoms with Crippen LogP contribution in [0.1, 0.15) is 35.2 Å². The van der Waals surface area contributed by atoms with Crippen molar-refractivity contribution in [2.45, 2.75) is 30.8 Å². The molecule has 1 saturated carbocycles. The minimum Gasteiger partial charge on any atom is -0.378 e. The standard InChI is InChI=1S/C26H31F2N3O5S/c1-26(16-22(26)18-2-6-20(27)7-3-18)29-10-15-37(34,35)17-23(25(33)31-11-13-36-14-12-31)30-24(32)19-4-8-21(28)9-5-19/h2-9,22-23,29H,10-17H2,1H3,(H,30,32)/t22-,23?,26+/m0/s1. The van der Waals surface area contributed by atoms with E-state index in [9.17, 15) is 26.8 Å². The lowest BCUT2D eigenvalue weighted by Crippen LogP contribution is -2.54. The average Bonchev–Trinajstić information content (AvgIpc) is 3.55. The summed E-state index contributed by atoms with van der Waals surface area (Å²) in [7, 11) is -3.75. The summed E-state index contributed by atoms with van der Waals surface area (Å²) in [4.78, 5) is 27.4. The van der Waals surface area contributed by atoms with Gasteiger partial charge in [0.15, 0.2) is 9.84 Å². The fourth-order valence-corrected chi connectivity index (χ4v) is 5.91. The molecule has 2 fully saturated rings. The highest BCUT2D eigenvalue weighted by Gasteiger charge is 2.50. The molecular weight excluding hydrogens is 504 g/mol. The molecule has 2 aliphatic rings. The third kappa shape index (κ3) is 7.12. The second-order valence-electron chi connectivity index (χ2n) is 9.74. The molecule has 1 aliphatic heterocycles. The number of morpholine rings is 1. The average molecular weight is 536 g/mol. The summed E-state index contributed by atoms with van der Waals surface area (Å²) in [6, 6.07) is 9.77. The molecule has 3 atom stereocenters. The van der Waals surface area contributed by atoms with Crippen molar-refractivity contribution in [2.75, 3.05) is 44.4 Å². The van der Waals surface area contributed by atoms with E-state index < -0.39 is 39.3 Å². The van der Waals surface area contributed by atoms with Crippen molar-refractivity contribution >= 4 is 21.7 Å². The van der Waals surface area contributed by atoms with Gasteiger partial charge in [-0.2, -0.15) is 0 Å². The summed E-state index contributed by atoms with van der Waals surface area (Å²) in [6.07, 6.45) is 0.796. The van der Waals surface area contributed by atoms with E-state index >= 15 is 0 Å². The van der Waals surface area contributed by atoms with E-state index in [4.69, 9.17) is 4.74 Å². The Hall–Kier alpha value is -2.89. The molecule has 11 heteroatoms. The molecule has 0 spiro atoms. The van der Waals surface area contributed by atoms with E-state index in [1.165, 1.54) is 29.2 Å². The molecule has 2 aromatic carbocycles. The van der Waals surface area contributed by atoms with Gasteiger partial charge in [0, 0.05) is 36.7 Å². The quantitative estimate of drug-likeness (QED) is 0.482. The van der Waals surface area contributed by atoms with Crippen LogP contribution >= 0.6 is 0 Å². The van der Waals surface area contributed by atoms with Gasteiger partial charge in [-0.3, -0.25) is 9.59 Å². The number of sulfone groups is 1. The topological polar surface area (TPSA) is 105 Å². The molecule has 1 saturated heterocycles. The number of amides is 2. The van der Waals surface area contributed by atoms with Crippen LogP contribution in [-0.4, -0.2) is 81.1 Å². The summed E-state index contributed by atoms with van der Waals surface area (Å²) < 4.78 is 57.7. The van der Waals surface area contributed by atoms with Gasteiger partial charge in [-0.25, -0.2) is 17.2 Å². The van der Waals surface area contributed by atoms with Gasteiger partial charge in [0.25, 0.3) is 5.91 Å². The van der Waals surface area contributed by atoms with Crippen molar-refractivity contribution in [3.63, 3.8) is 0 Å². The Kier molecular flexibility index (Phi) is 8.25. The molecule has 4 rings (SSSR count). The number of nitrogens with zero attached hydrogens (tertiary/aromatic N) is 1. The molecular formula is C26H31F2N3O5S. The van der Waals surface area contributed by atoms with Crippen LogP contribution in [0.2, 0.25) is 0 Å². The van der Waals surface area contributed by atoms with E-state index in [0.29, 0.717) is 26.3 Å². The maximum atomic E-state index is 13.2. The van der Waals surface area contributed by atoms with E-state index in [1.54, 1.807) is 12.1 Å². The Balaban J connectivity index is 1.37. The number of nitrogens with one attached hydrogen (secondary N) is 2. The number of halogens is 2. The van der Waals surface area contributed by atoms with Gasteiger partial charge in [-0.05, 0) is 55.3 Å². The molecule has 8 nitrogen and oxygen atoms in total. The number of hydrogen-bond acceptors (Lipinski definition) is 6. The van der Waals surface area contributed by atoms with Gasteiger partial charge in [0.05, 0.1) is 24.7 Å². The Bertz CT molecular complexity index is 1220. The van der Waals surface area contributed by atoms with Crippen LogP contribution in [0.5, 0.6) is 0 Å². The molecule has 0 radical (unpaired) electrons. The van der Waals surface area contributed by atoms with Crippen LogP contribution in [0, 0.1) is 11.6 Å². The number of benzene rings is 2. The third-order valence-corrected chi connectivity index (χ3v) is 8.57. The first-order valence-corrected chi connectivity index (χ1v) is 14.0. The highest BCUT2D eigenvalue weighted by Crippen LogP contribution is 2.50. The number of hydrogen-bond donors (Lipinski definition) is 2. The van der Waals surface area contributed by atoms with Crippen molar-refractivity contribution in [3.05, 3.63) is 71.3 Å². The first-order chi connectivity index (χ1) is 17.6. The van der Waals surface area contributed by atoms with Crippen molar-refractivity contribution in [2.24, 2.45) is 0 Å². The lowest BCUT2D eigenvalue weighted by Gasteiger charge is -2.30. The van der Waals surface area contributed by atoms with E-state index in [2.05, 4.69) is 10.6 Å². The van der Waals surface area contributed by atoms with Crippen LogP contribution in [0.25, 0.3) is 0 Å². The predicted molar refractivity (Wildman–Crippen MR) is 134 cm³/mol. The zero-order valence-corrected chi connectivity index (χ0v) is 21.4. The monoisotopic (exact) mass is 535 g/mol. The fourth-order valence-electron chi connectivity index (χ4n) is 4.59. The lowest BCUT2D eigenvalue weighted by atomic mass is 10.1. The molecule has 37 heavy (non-hydrogen) atoms. The smallest absolute Gasteiger partial charge is 0.251 e. The maximum Gasteiger partial charge on any atom is 0.251 e. The van der Waals surface area contributed by atoms with Crippen LogP contribution in [0.3, 0.4) is 0 Å². The van der Waals surface area contributed by atoms with Gasteiger partial charge in [-0.15, -0.1) is 0 Å². The van der Waals surface area contributed by atoms with Crippen molar-refractivity contribution in [3.8, 4) is 0 Å². The van der Waals surface area contributed by atoms with Gasteiger partial charge >= 0.3 is 0 Å². The Morgan fingerprint density at radius 1 is 1.05 bits per heavy atom. The third-order valence-electron chi connectivity index (χ3n) is 6.90. The Labute approximate surface area is 215 Å². The Morgan fingerprint density at radius 2 is 1.65 bits per heavy atom. The molecule has 0 bridgehead atoms. The van der Waals surface area contributed by atoms with E-state index in [0.717, 1.165) is 24.1 Å². The Morgan fingerprint density at radius 3 is 2.27 bits per heavy atom. The second kappa shape index (κ2) is 11.2. The summed E-state index contributed by atoms with van der Waals surface area (Å²) in [5.74, 6) is -2.61. The first kappa shape index (κ1) is 27.2. The molecule has 2 N–H and O–H groups in total. The zero-order chi connectivity index (χ0) is 26.6. The van der Waals surface area contributed by atoms with Crippen LogP contribution in [-0.2, 0) is 19.4 Å². The largest absolute Gasteiger partial charge is 0.378 e. The normalized spacial score (nSPS) is 22.4. The van der Waals surface area contributed by atoms with Crippen molar-refractivity contribution in [1.29, 1.82) is 0 Å². The van der Waals surface area contributed by atoms with Gasteiger partial charge in [0.2, 0.25) is 5.91 Å². The number of rotatable bonds is 10. The minimum absolute atomic E-state index is 0.119. The predicted octanol–water partition coefficient (Wildman–Crippen LogP) is 1.87. The number of ether oxygens (including phenoxy) is 1. The molecule has 2 amide bonds. The maximum absolute atomic E-state index is 13.2. The van der Waals surface area contributed by atoms with E-state index in [1.807, 2.05) is 6.92 Å². The molecule has 1 heterocycles. The van der Waals surface area contributed by atoms with Crippen molar-refractivity contribution < 1.29 is 31.5 Å². The fraction of sp³-hybridized carbons (Fsp3) is 0.462. The molecule has 2 aromatic rings. The summed E-state index contributed by atoms with van der Waals surface area (Å²) in [5.41, 5.74) is 0.806. The van der Waals surface area contributed by atoms with Gasteiger partial charge < -0.3 is 20.3 Å².